The summed E-state index contributed by atoms with van der Waals surface area (Å²) in [5, 5.41) is 0. The van der Waals surface area contributed by atoms with Gasteiger partial charge in [0.05, 0.1) is 25.5 Å². The first-order valence-corrected chi connectivity index (χ1v) is 8.31. The van der Waals surface area contributed by atoms with Gasteiger partial charge in [0.15, 0.2) is 0 Å². The van der Waals surface area contributed by atoms with Crippen LogP contribution in [0.3, 0.4) is 0 Å². The van der Waals surface area contributed by atoms with Gasteiger partial charge < -0.3 is 20.1 Å². The highest BCUT2D eigenvalue weighted by Crippen LogP contribution is 2.28. The maximum Gasteiger partial charge on any atom is 0.238 e. The van der Waals surface area contributed by atoms with Crippen LogP contribution in [-0.4, -0.2) is 47.5 Å². The van der Waals surface area contributed by atoms with Crippen LogP contribution in [0.15, 0.2) is 36.7 Å². The zero-order valence-corrected chi connectivity index (χ0v) is 14.2. The Labute approximate surface area is 146 Å². The van der Waals surface area contributed by atoms with Crippen molar-refractivity contribution in [3.05, 3.63) is 42.4 Å². The molecule has 1 aromatic carbocycles. The molecule has 1 amide bonds. The van der Waals surface area contributed by atoms with Crippen LogP contribution in [0, 0.1) is 0 Å². The van der Waals surface area contributed by atoms with Gasteiger partial charge in [0, 0.05) is 31.3 Å². The number of methoxy groups -OCH3 is 1. The van der Waals surface area contributed by atoms with Gasteiger partial charge in [-0.15, -0.1) is 0 Å². The number of amides is 1. The number of carbonyl (C=O) groups is 1. The highest BCUT2D eigenvalue weighted by molar-refractivity contribution is 5.78. The Morgan fingerprint density at radius 3 is 3.00 bits per heavy atom. The molecular formula is C18H22N4O3. The standard InChI is InChI=1S/C18H22N4O3/c1-24-14-5-2-6-15(8-14)25-17-11-20-10-16(21-17)13-4-3-7-22(12-13)18(23)9-19/h2,5-6,8,10-11,13H,3-4,7,9,12,19H2,1H3. The van der Waals surface area contributed by atoms with Crippen LogP contribution >= 0.6 is 0 Å². The first-order valence-electron chi connectivity index (χ1n) is 8.31. The summed E-state index contributed by atoms with van der Waals surface area (Å²) in [5.74, 6) is 1.89. The number of hydrogen-bond donors (Lipinski definition) is 1. The Balaban J connectivity index is 1.73. The molecule has 1 atom stereocenters. The molecule has 0 spiro atoms. The normalized spacial score (nSPS) is 17.2. The number of rotatable bonds is 5. The average molecular weight is 342 g/mol. The Hall–Kier alpha value is -2.67. The number of nitrogens with two attached hydrogens (primary N) is 1. The topological polar surface area (TPSA) is 90.6 Å². The lowest BCUT2D eigenvalue weighted by molar-refractivity contribution is -0.130. The molecule has 0 saturated carbocycles. The van der Waals surface area contributed by atoms with Crippen LogP contribution < -0.4 is 15.2 Å². The van der Waals surface area contributed by atoms with Crippen LogP contribution in [0.1, 0.15) is 24.5 Å². The van der Waals surface area contributed by atoms with E-state index in [0.717, 1.165) is 25.1 Å². The number of ether oxygens (including phenoxy) is 2. The van der Waals surface area contributed by atoms with E-state index in [4.69, 9.17) is 15.2 Å². The molecular weight excluding hydrogens is 320 g/mol. The summed E-state index contributed by atoms with van der Waals surface area (Å²) < 4.78 is 11.0. The molecule has 2 aromatic rings. The van der Waals surface area contributed by atoms with E-state index in [1.54, 1.807) is 30.5 Å². The van der Waals surface area contributed by atoms with E-state index in [1.807, 2.05) is 18.2 Å². The molecule has 1 aliphatic rings. The lowest BCUT2D eigenvalue weighted by Gasteiger charge is -2.32. The molecule has 7 heteroatoms. The zero-order chi connectivity index (χ0) is 17.6. The lowest BCUT2D eigenvalue weighted by atomic mass is 9.95. The Morgan fingerprint density at radius 2 is 2.20 bits per heavy atom. The number of aromatic nitrogens is 2. The SMILES string of the molecule is COc1cccc(Oc2cncc(C3CCCN(C(=O)CN)C3)n2)c1. The van der Waals surface area contributed by atoms with E-state index in [0.29, 0.717) is 23.9 Å². The summed E-state index contributed by atoms with van der Waals surface area (Å²) in [6.45, 7) is 1.41. The van der Waals surface area contributed by atoms with E-state index in [2.05, 4.69) is 9.97 Å². The third-order valence-corrected chi connectivity index (χ3v) is 4.26. The molecule has 25 heavy (non-hydrogen) atoms. The van der Waals surface area contributed by atoms with Gasteiger partial charge in [-0.3, -0.25) is 9.78 Å². The first-order chi connectivity index (χ1) is 12.2. The summed E-state index contributed by atoms with van der Waals surface area (Å²) in [6, 6.07) is 7.32. The minimum absolute atomic E-state index is 0.0264. The van der Waals surface area contributed by atoms with Gasteiger partial charge in [0.2, 0.25) is 11.8 Å². The fourth-order valence-corrected chi connectivity index (χ4v) is 2.97. The molecule has 0 radical (unpaired) electrons. The maximum atomic E-state index is 11.8. The smallest absolute Gasteiger partial charge is 0.238 e. The molecule has 0 bridgehead atoms. The van der Waals surface area contributed by atoms with Crippen LogP contribution in [0.25, 0.3) is 0 Å². The number of hydrogen-bond acceptors (Lipinski definition) is 6. The number of piperidine rings is 1. The van der Waals surface area contributed by atoms with Gasteiger partial charge >= 0.3 is 0 Å². The van der Waals surface area contributed by atoms with Gasteiger partial charge in [-0.05, 0) is 25.0 Å². The minimum Gasteiger partial charge on any atom is -0.497 e. The summed E-state index contributed by atoms with van der Waals surface area (Å²) >= 11 is 0. The quantitative estimate of drug-likeness (QED) is 0.893. The van der Waals surface area contributed by atoms with E-state index in [-0.39, 0.29) is 18.4 Å². The highest BCUT2D eigenvalue weighted by atomic mass is 16.5. The van der Waals surface area contributed by atoms with Crippen molar-refractivity contribution in [1.29, 1.82) is 0 Å². The zero-order valence-electron chi connectivity index (χ0n) is 14.2. The van der Waals surface area contributed by atoms with Crippen LogP contribution in [0.5, 0.6) is 17.4 Å². The van der Waals surface area contributed by atoms with Gasteiger partial charge in [0.1, 0.15) is 11.5 Å². The first kappa shape index (κ1) is 17.2. The molecule has 1 unspecified atom stereocenters. The largest absolute Gasteiger partial charge is 0.497 e. The van der Waals surface area contributed by atoms with E-state index >= 15 is 0 Å². The second-order valence-electron chi connectivity index (χ2n) is 5.95. The van der Waals surface area contributed by atoms with Crippen molar-refractivity contribution in [2.24, 2.45) is 5.73 Å². The molecule has 1 aromatic heterocycles. The second kappa shape index (κ2) is 7.94. The van der Waals surface area contributed by atoms with Gasteiger partial charge in [0.25, 0.3) is 0 Å². The molecule has 7 nitrogen and oxygen atoms in total. The predicted molar refractivity (Wildman–Crippen MR) is 92.7 cm³/mol. The van der Waals surface area contributed by atoms with Crippen molar-refractivity contribution in [2.45, 2.75) is 18.8 Å². The summed E-state index contributed by atoms with van der Waals surface area (Å²) in [5.41, 5.74) is 6.30. The fraction of sp³-hybridized carbons (Fsp3) is 0.389. The summed E-state index contributed by atoms with van der Waals surface area (Å²) in [4.78, 5) is 22.5. The monoisotopic (exact) mass is 342 g/mol. The van der Waals surface area contributed by atoms with E-state index in [9.17, 15) is 4.79 Å². The van der Waals surface area contributed by atoms with Gasteiger partial charge in [-0.2, -0.15) is 0 Å². The Bertz CT molecular complexity index is 738. The van der Waals surface area contributed by atoms with Gasteiger partial charge in [-0.1, -0.05) is 6.07 Å². The molecule has 1 saturated heterocycles. The Morgan fingerprint density at radius 1 is 1.36 bits per heavy atom. The van der Waals surface area contributed by atoms with Crippen LogP contribution in [-0.2, 0) is 4.79 Å². The fourth-order valence-electron chi connectivity index (χ4n) is 2.97. The third kappa shape index (κ3) is 4.24. The van der Waals surface area contributed by atoms with Crippen molar-refractivity contribution in [3.63, 3.8) is 0 Å². The molecule has 2 heterocycles. The summed E-state index contributed by atoms with van der Waals surface area (Å²) in [6.07, 6.45) is 5.21. The van der Waals surface area contributed by atoms with Crippen LogP contribution in [0.4, 0.5) is 0 Å². The van der Waals surface area contributed by atoms with E-state index in [1.165, 1.54) is 0 Å². The third-order valence-electron chi connectivity index (χ3n) is 4.26. The predicted octanol–water partition coefficient (Wildman–Crippen LogP) is 1.94. The van der Waals surface area contributed by atoms with Crippen molar-refractivity contribution in [3.8, 4) is 17.4 Å². The molecule has 1 fully saturated rings. The maximum absolute atomic E-state index is 11.8. The molecule has 2 N–H and O–H groups in total. The van der Waals surface area contributed by atoms with Crippen molar-refractivity contribution >= 4 is 5.91 Å². The number of likely N-dealkylation sites (tertiary alicyclic amines) is 1. The number of carbonyl (C=O) groups excluding carboxylic acids is 1. The highest BCUT2D eigenvalue weighted by Gasteiger charge is 2.25. The van der Waals surface area contributed by atoms with Crippen LogP contribution in [0.2, 0.25) is 0 Å². The summed E-state index contributed by atoms with van der Waals surface area (Å²) in [7, 11) is 1.61. The van der Waals surface area contributed by atoms with Gasteiger partial charge in [-0.25, -0.2) is 4.98 Å². The minimum atomic E-state index is -0.0264. The van der Waals surface area contributed by atoms with Crippen molar-refractivity contribution < 1.29 is 14.3 Å². The Kier molecular flexibility index (Phi) is 5.45. The lowest BCUT2D eigenvalue weighted by Crippen LogP contribution is -2.42. The second-order valence-corrected chi connectivity index (χ2v) is 5.95. The average Bonchev–Trinajstić information content (AvgIpc) is 2.68. The number of benzene rings is 1. The molecule has 132 valence electrons. The molecule has 1 aliphatic heterocycles. The molecule has 0 aliphatic carbocycles. The van der Waals surface area contributed by atoms with E-state index < -0.39 is 0 Å². The van der Waals surface area contributed by atoms with Crippen molar-refractivity contribution in [1.82, 2.24) is 14.9 Å². The number of nitrogens with zero attached hydrogens (tertiary/aromatic N) is 3. The molecule has 3 rings (SSSR count). The van der Waals surface area contributed by atoms with Crippen molar-refractivity contribution in [2.75, 3.05) is 26.7 Å².